The number of halogens is 2. The molecule has 0 aromatic heterocycles. The molecule has 0 aliphatic heterocycles. The fourth-order valence-corrected chi connectivity index (χ4v) is 4.29. The van der Waals surface area contributed by atoms with Crippen LogP contribution in [0.1, 0.15) is 34.8 Å². The maximum atomic E-state index is 12.6. The van der Waals surface area contributed by atoms with E-state index in [4.69, 9.17) is 14.2 Å². The number of hydrogen-bond donors (Lipinski definition) is 1. The van der Waals surface area contributed by atoms with E-state index in [0.717, 1.165) is 26.5 Å². The number of methoxy groups -OCH3 is 1. The highest BCUT2D eigenvalue weighted by molar-refractivity contribution is 9.11. The van der Waals surface area contributed by atoms with Crippen molar-refractivity contribution in [2.45, 2.75) is 20.0 Å². The smallest absolute Gasteiger partial charge is 0.271 e. The molecule has 172 valence electrons. The molecule has 3 aromatic rings. The monoisotopic (exact) mass is 574 g/mol. The van der Waals surface area contributed by atoms with E-state index in [1.807, 2.05) is 49.4 Å². The van der Waals surface area contributed by atoms with Gasteiger partial charge in [-0.25, -0.2) is 5.43 Å². The Labute approximate surface area is 210 Å². The molecular weight excluding hydrogens is 552 g/mol. The highest BCUT2D eigenvalue weighted by Gasteiger charge is 2.12. The lowest BCUT2D eigenvalue weighted by molar-refractivity contribution is 0.0954. The largest absolute Gasteiger partial charge is 0.493 e. The van der Waals surface area contributed by atoms with E-state index < -0.39 is 0 Å². The Morgan fingerprint density at radius 3 is 2.55 bits per heavy atom. The molecule has 6 nitrogen and oxygen atoms in total. The van der Waals surface area contributed by atoms with Gasteiger partial charge in [0, 0.05) is 15.6 Å². The lowest BCUT2D eigenvalue weighted by Crippen LogP contribution is -2.17. The van der Waals surface area contributed by atoms with Crippen LogP contribution in [0.25, 0.3) is 0 Å². The number of nitrogens with one attached hydrogen (secondary N) is 1. The molecule has 0 bridgehead atoms. The van der Waals surface area contributed by atoms with Gasteiger partial charge >= 0.3 is 0 Å². The Hall–Kier alpha value is -2.84. The van der Waals surface area contributed by atoms with Crippen LogP contribution in [-0.2, 0) is 6.61 Å². The first-order valence-corrected chi connectivity index (χ1v) is 11.9. The molecule has 1 N–H and O–H groups in total. The number of benzene rings is 3. The predicted octanol–water partition coefficient (Wildman–Crippen LogP) is 6.35. The second kappa shape index (κ2) is 12.4. The quantitative estimate of drug-likeness (QED) is 0.226. The average molecular weight is 576 g/mol. The summed E-state index contributed by atoms with van der Waals surface area (Å²) >= 11 is 6.97. The maximum Gasteiger partial charge on any atom is 0.271 e. The van der Waals surface area contributed by atoms with Gasteiger partial charge in [0.25, 0.3) is 5.91 Å². The molecular formula is C25H24Br2N2O4. The molecule has 3 aromatic carbocycles. The van der Waals surface area contributed by atoms with Crippen LogP contribution in [0.2, 0.25) is 0 Å². The van der Waals surface area contributed by atoms with Gasteiger partial charge < -0.3 is 14.2 Å². The maximum absolute atomic E-state index is 12.6. The summed E-state index contributed by atoms with van der Waals surface area (Å²) in [6.07, 6.45) is 2.43. The standard InChI is InChI=1S/C25H24Br2N2O4/c1-3-11-32-24-19(12-20(26)14-21(24)27)15-28-29-25(30)18-9-10-22(23(13-18)31-2)33-16-17-7-5-4-6-8-17/h4-10,12-15H,3,11,16H2,1-2H3,(H,29,30)/b28-15+. The zero-order chi connectivity index (χ0) is 23.6. The van der Waals surface area contributed by atoms with Gasteiger partial charge in [0.1, 0.15) is 12.4 Å². The van der Waals surface area contributed by atoms with Crippen LogP contribution in [0.3, 0.4) is 0 Å². The lowest BCUT2D eigenvalue weighted by atomic mass is 10.2. The lowest BCUT2D eigenvalue weighted by Gasteiger charge is -2.12. The SMILES string of the molecule is CCCOc1c(Br)cc(Br)cc1/C=N/NC(=O)c1ccc(OCc2ccccc2)c(OC)c1. The summed E-state index contributed by atoms with van der Waals surface area (Å²) in [5, 5.41) is 4.10. The number of hydrazone groups is 1. The molecule has 0 aliphatic rings. The second-order valence-corrected chi connectivity index (χ2v) is 8.76. The second-order valence-electron chi connectivity index (χ2n) is 6.99. The Kier molecular flexibility index (Phi) is 9.33. The Balaban J connectivity index is 1.68. The molecule has 0 fully saturated rings. The van der Waals surface area contributed by atoms with Crippen LogP contribution in [0.4, 0.5) is 0 Å². The first-order chi connectivity index (χ1) is 16.0. The minimum Gasteiger partial charge on any atom is -0.493 e. The van der Waals surface area contributed by atoms with Crippen molar-refractivity contribution in [1.82, 2.24) is 5.43 Å². The minimum atomic E-state index is -0.371. The van der Waals surface area contributed by atoms with Gasteiger partial charge in [-0.3, -0.25) is 4.79 Å². The molecule has 0 saturated heterocycles. The fraction of sp³-hybridized carbons (Fsp3) is 0.200. The van der Waals surface area contributed by atoms with Crippen molar-refractivity contribution >= 4 is 44.0 Å². The molecule has 0 atom stereocenters. The van der Waals surface area contributed by atoms with Crippen LogP contribution in [0, 0.1) is 0 Å². The van der Waals surface area contributed by atoms with Crippen molar-refractivity contribution in [2.24, 2.45) is 5.10 Å². The van der Waals surface area contributed by atoms with Crippen LogP contribution >= 0.6 is 31.9 Å². The molecule has 0 radical (unpaired) electrons. The zero-order valence-electron chi connectivity index (χ0n) is 18.3. The number of ether oxygens (including phenoxy) is 3. The summed E-state index contributed by atoms with van der Waals surface area (Å²) in [5.74, 6) is 1.32. The molecule has 1 amide bonds. The Bertz CT molecular complexity index is 1120. The molecule has 33 heavy (non-hydrogen) atoms. The fourth-order valence-electron chi connectivity index (χ4n) is 2.92. The number of rotatable bonds is 10. The van der Waals surface area contributed by atoms with Gasteiger partial charge in [0.05, 0.1) is 24.4 Å². The molecule has 0 unspecified atom stereocenters. The third kappa shape index (κ3) is 7.07. The number of amides is 1. The summed E-state index contributed by atoms with van der Waals surface area (Å²) in [7, 11) is 1.54. The van der Waals surface area contributed by atoms with Crippen LogP contribution in [0.15, 0.2) is 74.7 Å². The molecule has 0 aliphatic carbocycles. The summed E-state index contributed by atoms with van der Waals surface area (Å²) in [5.41, 5.74) is 4.71. The van der Waals surface area contributed by atoms with E-state index in [2.05, 4.69) is 42.4 Å². The van der Waals surface area contributed by atoms with Crippen molar-refractivity contribution in [1.29, 1.82) is 0 Å². The summed E-state index contributed by atoms with van der Waals surface area (Å²) in [4.78, 5) is 12.6. The third-order valence-electron chi connectivity index (χ3n) is 4.52. The predicted molar refractivity (Wildman–Crippen MR) is 136 cm³/mol. The zero-order valence-corrected chi connectivity index (χ0v) is 21.5. The van der Waals surface area contributed by atoms with Crippen molar-refractivity contribution in [2.75, 3.05) is 13.7 Å². The van der Waals surface area contributed by atoms with Crippen molar-refractivity contribution < 1.29 is 19.0 Å². The van der Waals surface area contributed by atoms with E-state index >= 15 is 0 Å². The summed E-state index contributed by atoms with van der Waals surface area (Å²) in [6, 6.07) is 18.6. The van der Waals surface area contributed by atoms with E-state index in [-0.39, 0.29) is 5.91 Å². The number of carbonyl (C=O) groups is 1. The van der Waals surface area contributed by atoms with Crippen LogP contribution < -0.4 is 19.6 Å². The number of nitrogens with zero attached hydrogens (tertiary/aromatic N) is 1. The van der Waals surface area contributed by atoms with Gasteiger partial charge in [0.2, 0.25) is 0 Å². The number of hydrogen-bond acceptors (Lipinski definition) is 5. The summed E-state index contributed by atoms with van der Waals surface area (Å²) < 4.78 is 18.7. The highest BCUT2D eigenvalue weighted by Crippen LogP contribution is 2.32. The first-order valence-electron chi connectivity index (χ1n) is 10.3. The van der Waals surface area contributed by atoms with Crippen molar-refractivity contribution in [3.8, 4) is 17.2 Å². The topological polar surface area (TPSA) is 69.2 Å². The van der Waals surface area contributed by atoms with Gasteiger partial charge in [-0.2, -0.15) is 5.10 Å². The van der Waals surface area contributed by atoms with E-state index in [1.165, 1.54) is 7.11 Å². The van der Waals surface area contributed by atoms with Crippen LogP contribution in [0.5, 0.6) is 17.2 Å². The van der Waals surface area contributed by atoms with E-state index in [1.54, 1.807) is 24.4 Å². The average Bonchev–Trinajstić information content (AvgIpc) is 2.82. The van der Waals surface area contributed by atoms with Gasteiger partial charge in [-0.05, 0) is 58.2 Å². The van der Waals surface area contributed by atoms with Gasteiger partial charge in [0.15, 0.2) is 11.5 Å². The van der Waals surface area contributed by atoms with Gasteiger partial charge in [-0.15, -0.1) is 0 Å². The Morgan fingerprint density at radius 2 is 1.82 bits per heavy atom. The molecule has 0 spiro atoms. The number of carbonyl (C=O) groups excluding carboxylic acids is 1. The van der Waals surface area contributed by atoms with E-state index in [9.17, 15) is 4.79 Å². The van der Waals surface area contributed by atoms with Gasteiger partial charge in [-0.1, -0.05) is 53.2 Å². The minimum absolute atomic E-state index is 0.371. The van der Waals surface area contributed by atoms with Crippen molar-refractivity contribution in [3.05, 3.63) is 86.3 Å². The summed E-state index contributed by atoms with van der Waals surface area (Å²) in [6.45, 7) is 3.01. The normalized spacial score (nSPS) is 10.8. The molecule has 8 heteroatoms. The van der Waals surface area contributed by atoms with Crippen LogP contribution in [-0.4, -0.2) is 25.8 Å². The molecule has 3 rings (SSSR count). The van der Waals surface area contributed by atoms with Crippen molar-refractivity contribution in [3.63, 3.8) is 0 Å². The van der Waals surface area contributed by atoms with E-state index in [0.29, 0.717) is 36.0 Å². The highest BCUT2D eigenvalue weighted by atomic mass is 79.9. The third-order valence-corrected chi connectivity index (χ3v) is 5.57. The molecule has 0 saturated carbocycles. The Morgan fingerprint density at radius 1 is 1.03 bits per heavy atom. The first kappa shape index (κ1) is 24.8. The molecule has 0 heterocycles.